The summed E-state index contributed by atoms with van der Waals surface area (Å²) >= 11 is 0. The molecule has 0 aliphatic rings. The minimum absolute atomic E-state index is 0.0418. The van der Waals surface area contributed by atoms with E-state index in [1.807, 2.05) is 0 Å². The van der Waals surface area contributed by atoms with E-state index in [0.717, 1.165) is 24.5 Å². The Bertz CT molecular complexity index is 901. The maximum Gasteiger partial charge on any atom is 0.416 e. The highest BCUT2D eigenvalue weighted by atomic mass is 19.4. The fourth-order valence-electron chi connectivity index (χ4n) is 2.22. The highest BCUT2D eigenvalue weighted by molar-refractivity contribution is 6.01. The van der Waals surface area contributed by atoms with Crippen LogP contribution in [-0.4, -0.2) is 25.6 Å². The second-order valence-corrected chi connectivity index (χ2v) is 4.69. The van der Waals surface area contributed by atoms with Crippen molar-refractivity contribution in [2.24, 2.45) is 0 Å². The summed E-state index contributed by atoms with van der Waals surface area (Å²) in [4.78, 5) is 15.1. The molecule has 0 unspecified atom stereocenters. The molecule has 0 bridgehead atoms. The maximum absolute atomic E-state index is 12.6. The van der Waals surface area contributed by atoms with E-state index in [1.165, 1.54) is 16.6 Å². The van der Waals surface area contributed by atoms with E-state index in [-0.39, 0.29) is 16.9 Å². The van der Waals surface area contributed by atoms with Crippen LogP contribution in [0.15, 0.2) is 36.7 Å². The average Bonchev–Trinajstić information content (AvgIpc) is 2.94. The molecule has 0 atom stereocenters. The standard InChI is InChI=1S/C14H8F3N4O2/c15-14(16,17)8-3-1-7(2-4-8)9-5-10(22)11(12(18)23)13-19-6-20-21(9)13/h1-6,18,22H. The minimum Gasteiger partial charge on any atom is -0.507 e. The Kier molecular flexibility index (Phi) is 3.20. The van der Waals surface area contributed by atoms with Crippen molar-refractivity contribution in [3.63, 3.8) is 0 Å². The summed E-state index contributed by atoms with van der Waals surface area (Å²) < 4.78 is 39.0. The van der Waals surface area contributed by atoms with Crippen LogP contribution in [0.2, 0.25) is 0 Å². The zero-order chi connectivity index (χ0) is 16.8. The lowest BCUT2D eigenvalue weighted by molar-refractivity contribution is -0.137. The van der Waals surface area contributed by atoms with Gasteiger partial charge in [-0.05, 0) is 12.1 Å². The molecule has 117 valence electrons. The first-order chi connectivity index (χ1) is 10.8. The van der Waals surface area contributed by atoms with Crippen molar-refractivity contribution in [1.82, 2.24) is 20.3 Å². The first-order valence-corrected chi connectivity index (χ1v) is 6.28. The number of aromatic hydroxyl groups is 1. The third kappa shape index (κ3) is 2.45. The van der Waals surface area contributed by atoms with Gasteiger partial charge in [-0.15, -0.1) is 0 Å². The van der Waals surface area contributed by atoms with Crippen LogP contribution in [0.25, 0.3) is 16.9 Å². The largest absolute Gasteiger partial charge is 0.507 e. The van der Waals surface area contributed by atoms with Gasteiger partial charge >= 0.3 is 6.18 Å². The Morgan fingerprint density at radius 3 is 2.43 bits per heavy atom. The Hall–Kier alpha value is -3.10. The van der Waals surface area contributed by atoms with Crippen LogP contribution >= 0.6 is 0 Å². The number of aromatic nitrogens is 3. The van der Waals surface area contributed by atoms with Crippen LogP contribution in [0.5, 0.6) is 5.75 Å². The lowest BCUT2D eigenvalue weighted by atomic mass is 10.1. The van der Waals surface area contributed by atoms with Gasteiger partial charge in [0.1, 0.15) is 17.6 Å². The summed E-state index contributed by atoms with van der Waals surface area (Å²) in [6.07, 6.45) is -3.33. The van der Waals surface area contributed by atoms with Gasteiger partial charge < -0.3 is 5.11 Å². The predicted molar refractivity (Wildman–Crippen MR) is 72.5 cm³/mol. The number of benzene rings is 1. The molecule has 9 heteroatoms. The van der Waals surface area contributed by atoms with E-state index in [1.54, 1.807) is 0 Å². The molecule has 0 aliphatic heterocycles. The predicted octanol–water partition coefficient (Wildman–Crippen LogP) is 2.54. The molecule has 23 heavy (non-hydrogen) atoms. The van der Waals surface area contributed by atoms with Crippen LogP contribution < -0.4 is 5.73 Å². The molecule has 0 aliphatic carbocycles. The molecule has 0 saturated carbocycles. The monoisotopic (exact) mass is 321 g/mol. The number of nitrogens with zero attached hydrogens (tertiary/aromatic N) is 3. The lowest BCUT2D eigenvalue weighted by Gasteiger charge is -2.10. The van der Waals surface area contributed by atoms with Gasteiger partial charge in [0.25, 0.3) is 5.91 Å². The number of amides is 1. The fraction of sp³-hybridized carbons (Fsp3) is 0.0714. The highest BCUT2D eigenvalue weighted by Crippen LogP contribution is 2.33. The number of fused-ring (bicyclic) bond motifs is 1. The molecule has 1 aromatic carbocycles. The van der Waals surface area contributed by atoms with E-state index in [4.69, 9.17) is 5.73 Å². The molecular weight excluding hydrogens is 313 g/mol. The van der Waals surface area contributed by atoms with Crippen molar-refractivity contribution >= 4 is 11.6 Å². The summed E-state index contributed by atoms with van der Waals surface area (Å²) in [5, 5.41) is 13.8. The van der Waals surface area contributed by atoms with Gasteiger partial charge in [-0.1, -0.05) is 12.1 Å². The summed E-state index contributed by atoms with van der Waals surface area (Å²) in [6.45, 7) is 0. The number of halogens is 3. The topological polar surface area (TPSA) is 91.3 Å². The number of alkyl halides is 3. The summed E-state index contributed by atoms with van der Waals surface area (Å²) in [5.41, 5.74) is 6.56. The highest BCUT2D eigenvalue weighted by Gasteiger charge is 2.30. The number of nitrogens with one attached hydrogen (secondary N) is 1. The molecule has 0 fully saturated rings. The third-order valence-electron chi connectivity index (χ3n) is 3.26. The Labute approximate surface area is 127 Å². The quantitative estimate of drug-likeness (QED) is 0.785. The van der Waals surface area contributed by atoms with Crippen molar-refractivity contribution in [2.45, 2.75) is 6.18 Å². The normalized spacial score (nSPS) is 11.8. The van der Waals surface area contributed by atoms with Gasteiger partial charge in [-0.25, -0.2) is 9.50 Å². The molecule has 0 spiro atoms. The van der Waals surface area contributed by atoms with Crippen LogP contribution in [0.3, 0.4) is 0 Å². The fourth-order valence-corrected chi connectivity index (χ4v) is 2.22. The lowest BCUT2D eigenvalue weighted by Crippen LogP contribution is -2.06. The van der Waals surface area contributed by atoms with E-state index >= 15 is 0 Å². The summed E-state index contributed by atoms with van der Waals surface area (Å²) in [7, 11) is 0. The van der Waals surface area contributed by atoms with Crippen LogP contribution in [-0.2, 0) is 6.18 Å². The van der Waals surface area contributed by atoms with Gasteiger partial charge in [0.15, 0.2) is 5.65 Å². The minimum atomic E-state index is -4.45. The van der Waals surface area contributed by atoms with Gasteiger partial charge in [-0.2, -0.15) is 18.3 Å². The molecule has 2 N–H and O–H groups in total. The molecule has 1 amide bonds. The SMILES string of the molecule is [NH]C(=O)c1c(O)cc(-c2ccc(C(F)(F)F)cc2)n2ncnc12. The molecule has 0 saturated heterocycles. The second-order valence-electron chi connectivity index (χ2n) is 4.69. The first kappa shape index (κ1) is 14.8. The van der Waals surface area contributed by atoms with Crippen molar-refractivity contribution in [3.05, 3.63) is 47.8 Å². The Morgan fingerprint density at radius 2 is 1.87 bits per heavy atom. The Balaban J connectivity index is 2.20. The summed E-state index contributed by atoms with van der Waals surface area (Å²) in [6, 6.07) is 5.41. The van der Waals surface area contributed by atoms with Crippen molar-refractivity contribution in [3.8, 4) is 17.0 Å². The van der Waals surface area contributed by atoms with Crippen LogP contribution in [0.4, 0.5) is 13.2 Å². The van der Waals surface area contributed by atoms with Gasteiger partial charge in [0.2, 0.25) is 0 Å². The zero-order valence-corrected chi connectivity index (χ0v) is 11.3. The number of hydrogen-bond donors (Lipinski definition) is 1. The van der Waals surface area contributed by atoms with E-state index in [0.29, 0.717) is 5.56 Å². The van der Waals surface area contributed by atoms with E-state index in [2.05, 4.69) is 10.1 Å². The molecule has 1 radical (unpaired) electrons. The molecule has 6 nitrogen and oxygen atoms in total. The molecular formula is C14H8F3N4O2. The molecule has 3 aromatic rings. The molecule has 2 heterocycles. The van der Waals surface area contributed by atoms with Crippen LogP contribution in [0.1, 0.15) is 15.9 Å². The van der Waals surface area contributed by atoms with Gasteiger partial charge in [0.05, 0.1) is 11.3 Å². The number of pyridine rings is 1. The van der Waals surface area contributed by atoms with Crippen LogP contribution in [0, 0.1) is 0 Å². The summed E-state index contributed by atoms with van der Waals surface area (Å²) in [5.74, 6) is -1.63. The smallest absolute Gasteiger partial charge is 0.416 e. The third-order valence-corrected chi connectivity index (χ3v) is 3.26. The van der Waals surface area contributed by atoms with Crippen molar-refractivity contribution in [2.75, 3.05) is 0 Å². The van der Waals surface area contributed by atoms with Crippen molar-refractivity contribution < 1.29 is 23.1 Å². The molecule has 3 rings (SSSR count). The zero-order valence-electron chi connectivity index (χ0n) is 11.3. The number of hydrogen-bond acceptors (Lipinski definition) is 4. The van der Waals surface area contributed by atoms with Gasteiger partial charge in [0, 0.05) is 11.6 Å². The number of rotatable bonds is 2. The molecule has 2 aromatic heterocycles. The number of carbonyl (C=O) groups excluding carboxylic acids is 1. The van der Waals surface area contributed by atoms with E-state index < -0.39 is 23.4 Å². The maximum atomic E-state index is 12.6. The van der Waals surface area contributed by atoms with Crippen molar-refractivity contribution in [1.29, 1.82) is 0 Å². The second kappa shape index (κ2) is 4.97. The first-order valence-electron chi connectivity index (χ1n) is 6.28. The van der Waals surface area contributed by atoms with E-state index in [9.17, 15) is 23.1 Å². The average molecular weight is 321 g/mol. The Morgan fingerprint density at radius 1 is 1.22 bits per heavy atom. The number of carbonyl (C=O) groups is 1. The van der Waals surface area contributed by atoms with Gasteiger partial charge in [-0.3, -0.25) is 10.5 Å².